The number of hydrogen-bond donors (Lipinski definition) is 0. The minimum Gasteiger partial charge on any atom is -0.497 e. The standard InChI is InChI=1S/C22H27N3O4S/c1-5-28-18-7-6-8-19-21(18)23-22(30-19)25(14-13-24(2)3)20(26)15-29-17-11-9-16(27-4)10-12-17/h6-12H,5,13-15H2,1-4H3. The van der Waals surface area contributed by atoms with Crippen molar-refractivity contribution in [1.29, 1.82) is 0 Å². The highest BCUT2D eigenvalue weighted by Gasteiger charge is 2.21. The summed E-state index contributed by atoms with van der Waals surface area (Å²) in [4.78, 5) is 21.5. The third-order valence-electron chi connectivity index (χ3n) is 4.40. The Balaban J connectivity index is 1.80. The Kier molecular flexibility index (Phi) is 7.48. The molecule has 160 valence electrons. The van der Waals surface area contributed by atoms with Gasteiger partial charge in [0.05, 0.1) is 18.4 Å². The SMILES string of the molecule is CCOc1cccc2sc(N(CCN(C)C)C(=O)COc3ccc(OC)cc3)nc12. The van der Waals surface area contributed by atoms with Crippen molar-refractivity contribution in [1.82, 2.24) is 9.88 Å². The summed E-state index contributed by atoms with van der Waals surface area (Å²) in [5, 5.41) is 0.641. The van der Waals surface area contributed by atoms with Crippen LogP contribution in [0.5, 0.6) is 17.2 Å². The summed E-state index contributed by atoms with van der Waals surface area (Å²) in [6.45, 7) is 3.65. The van der Waals surface area contributed by atoms with Crippen LogP contribution < -0.4 is 19.1 Å². The van der Waals surface area contributed by atoms with Gasteiger partial charge in [-0.1, -0.05) is 17.4 Å². The molecule has 3 rings (SSSR count). The van der Waals surface area contributed by atoms with E-state index in [0.717, 1.165) is 21.7 Å². The van der Waals surface area contributed by atoms with E-state index in [4.69, 9.17) is 19.2 Å². The number of carbonyl (C=O) groups excluding carboxylic acids is 1. The van der Waals surface area contributed by atoms with Gasteiger partial charge < -0.3 is 19.1 Å². The molecule has 0 atom stereocenters. The average molecular weight is 430 g/mol. The van der Waals surface area contributed by atoms with E-state index in [0.29, 0.717) is 30.6 Å². The smallest absolute Gasteiger partial charge is 0.266 e. The lowest BCUT2D eigenvalue weighted by Crippen LogP contribution is -2.39. The number of carbonyl (C=O) groups is 1. The highest BCUT2D eigenvalue weighted by molar-refractivity contribution is 7.22. The first kappa shape index (κ1) is 21.9. The molecule has 1 heterocycles. The predicted octanol–water partition coefficient (Wildman–Crippen LogP) is 3.68. The molecule has 8 heteroatoms. The third-order valence-corrected chi connectivity index (χ3v) is 5.44. The van der Waals surface area contributed by atoms with Crippen molar-refractivity contribution >= 4 is 32.6 Å². The molecule has 0 aliphatic carbocycles. The fourth-order valence-electron chi connectivity index (χ4n) is 2.82. The van der Waals surface area contributed by atoms with E-state index in [1.165, 1.54) is 11.3 Å². The van der Waals surface area contributed by atoms with E-state index < -0.39 is 0 Å². The molecule has 0 bridgehead atoms. The van der Waals surface area contributed by atoms with Gasteiger partial charge in [0.2, 0.25) is 0 Å². The summed E-state index contributed by atoms with van der Waals surface area (Å²) in [5.41, 5.74) is 0.776. The van der Waals surface area contributed by atoms with Crippen molar-refractivity contribution in [2.24, 2.45) is 0 Å². The summed E-state index contributed by atoms with van der Waals surface area (Å²) in [6.07, 6.45) is 0. The fraction of sp³-hybridized carbons (Fsp3) is 0.364. The summed E-state index contributed by atoms with van der Waals surface area (Å²) < 4.78 is 17.5. The summed E-state index contributed by atoms with van der Waals surface area (Å²) in [7, 11) is 5.56. The Morgan fingerprint density at radius 3 is 2.43 bits per heavy atom. The number of fused-ring (bicyclic) bond motifs is 1. The van der Waals surface area contributed by atoms with Crippen LogP contribution >= 0.6 is 11.3 Å². The second-order valence-corrected chi connectivity index (χ2v) is 7.85. The number of anilines is 1. The predicted molar refractivity (Wildman–Crippen MR) is 120 cm³/mol. The molecular weight excluding hydrogens is 402 g/mol. The molecule has 1 aromatic heterocycles. The van der Waals surface area contributed by atoms with Gasteiger partial charge in [0.15, 0.2) is 11.7 Å². The van der Waals surface area contributed by atoms with Gasteiger partial charge in [0, 0.05) is 13.1 Å². The molecule has 0 aliphatic heterocycles. The van der Waals surface area contributed by atoms with E-state index in [1.807, 2.05) is 44.1 Å². The van der Waals surface area contributed by atoms with Crippen LogP contribution in [-0.2, 0) is 4.79 Å². The number of benzene rings is 2. The molecule has 0 aliphatic rings. The van der Waals surface area contributed by atoms with Crippen molar-refractivity contribution in [3.05, 3.63) is 42.5 Å². The molecule has 0 fully saturated rings. The summed E-state index contributed by atoms with van der Waals surface area (Å²) in [6, 6.07) is 13.0. The summed E-state index contributed by atoms with van der Waals surface area (Å²) >= 11 is 1.48. The van der Waals surface area contributed by atoms with Crippen LogP contribution in [0.1, 0.15) is 6.92 Å². The van der Waals surface area contributed by atoms with Gasteiger partial charge in [-0.15, -0.1) is 0 Å². The fourth-order valence-corrected chi connectivity index (χ4v) is 3.85. The van der Waals surface area contributed by atoms with E-state index in [-0.39, 0.29) is 12.5 Å². The van der Waals surface area contributed by atoms with Crippen LogP contribution in [0.2, 0.25) is 0 Å². The number of thiazole rings is 1. The van der Waals surface area contributed by atoms with Gasteiger partial charge in [0.25, 0.3) is 5.91 Å². The van der Waals surface area contributed by atoms with Gasteiger partial charge in [-0.2, -0.15) is 0 Å². The number of methoxy groups -OCH3 is 1. The van der Waals surface area contributed by atoms with Gasteiger partial charge in [-0.25, -0.2) is 4.98 Å². The van der Waals surface area contributed by atoms with Gasteiger partial charge in [-0.05, 0) is 57.4 Å². The Bertz CT molecular complexity index is 972. The maximum Gasteiger partial charge on any atom is 0.266 e. The van der Waals surface area contributed by atoms with Crippen molar-refractivity contribution in [2.75, 3.05) is 52.4 Å². The van der Waals surface area contributed by atoms with Crippen LogP contribution in [0.4, 0.5) is 5.13 Å². The molecule has 30 heavy (non-hydrogen) atoms. The molecule has 2 aromatic carbocycles. The van der Waals surface area contributed by atoms with Crippen LogP contribution in [-0.4, -0.2) is 63.3 Å². The largest absolute Gasteiger partial charge is 0.497 e. The zero-order chi connectivity index (χ0) is 21.5. The van der Waals surface area contributed by atoms with Gasteiger partial charge in [-0.3, -0.25) is 9.69 Å². The molecule has 1 amide bonds. The molecule has 3 aromatic rings. The number of nitrogens with zero attached hydrogens (tertiary/aromatic N) is 3. The Morgan fingerprint density at radius 2 is 1.77 bits per heavy atom. The van der Waals surface area contributed by atoms with Crippen LogP contribution in [0, 0.1) is 0 Å². The molecule has 0 saturated carbocycles. The Hall–Kier alpha value is -2.84. The highest BCUT2D eigenvalue weighted by atomic mass is 32.1. The van der Waals surface area contributed by atoms with Crippen molar-refractivity contribution in [3.63, 3.8) is 0 Å². The first-order valence-electron chi connectivity index (χ1n) is 9.76. The van der Waals surface area contributed by atoms with E-state index in [1.54, 1.807) is 36.3 Å². The highest BCUT2D eigenvalue weighted by Crippen LogP contribution is 2.34. The quantitative estimate of drug-likeness (QED) is 0.490. The number of para-hydroxylation sites is 1. The number of ether oxygens (including phenoxy) is 3. The van der Waals surface area contributed by atoms with E-state index in [2.05, 4.69) is 0 Å². The maximum atomic E-state index is 13.0. The van der Waals surface area contributed by atoms with Crippen LogP contribution in [0.3, 0.4) is 0 Å². The number of hydrogen-bond acceptors (Lipinski definition) is 7. The lowest BCUT2D eigenvalue weighted by Gasteiger charge is -2.22. The average Bonchev–Trinajstić information content (AvgIpc) is 3.17. The van der Waals surface area contributed by atoms with E-state index >= 15 is 0 Å². The van der Waals surface area contributed by atoms with Crippen molar-refractivity contribution < 1.29 is 19.0 Å². The molecule has 0 N–H and O–H groups in total. The first-order valence-corrected chi connectivity index (χ1v) is 10.6. The third kappa shape index (κ3) is 5.40. The zero-order valence-corrected chi connectivity index (χ0v) is 18.6. The molecule has 7 nitrogen and oxygen atoms in total. The van der Waals surface area contributed by atoms with E-state index in [9.17, 15) is 4.79 Å². The Labute approximate surface area is 180 Å². The number of likely N-dealkylation sites (N-methyl/N-ethyl adjacent to an activating group) is 1. The zero-order valence-electron chi connectivity index (χ0n) is 17.8. The monoisotopic (exact) mass is 429 g/mol. The lowest BCUT2D eigenvalue weighted by atomic mass is 10.3. The molecule has 0 unspecified atom stereocenters. The lowest BCUT2D eigenvalue weighted by molar-refractivity contribution is -0.120. The Morgan fingerprint density at radius 1 is 1.03 bits per heavy atom. The topological polar surface area (TPSA) is 64.1 Å². The number of amides is 1. The second kappa shape index (κ2) is 10.3. The molecule has 0 radical (unpaired) electrons. The maximum absolute atomic E-state index is 13.0. The minimum absolute atomic E-state index is 0.0754. The van der Waals surface area contributed by atoms with Crippen LogP contribution in [0.15, 0.2) is 42.5 Å². The van der Waals surface area contributed by atoms with Crippen molar-refractivity contribution in [3.8, 4) is 17.2 Å². The van der Waals surface area contributed by atoms with Crippen LogP contribution in [0.25, 0.3) is 10.2 Å². The van der Waals surface area contributed by atoms with Gasteiger partial charge >= 0.3 is 0 Å². The molecular formula is C22H27N3O4S. The first-order chi connectivity index (χ1) is 14.5. The normalized spacial score (nSPS) is 11.0. The minimum atomic E-state index is -0.148. The van der Waals surface area contributed by atoms with Gasteiger partial charge in [0.1, 0.15) is 22.8 Å². The number of aromatic nitrogens is 1. The number of rotatable bonds is 10. The second-order valence-electron chi connectivity index (χ2n) is 6.85. The molecule has 0 spiro atoms. The summed E-state index contributed by atoms with van der Waals surface area (Å²) in [5.74, 6) is 1.93. The van der Waals surface area contributed by atoms with Crippen molar-refractivity contribution in [2.45, 2.75) is 6.92 Å². The molecule has 0 saturated heterocycles.